The summed E-state index contributed by atoms with van der Waals surface area (Å²) in [5.74, 6) is 0.415. The van der Waals surface area contributed by atoms with Crippen molar-refractivity contribution >= 4 is 17.7 Å². The smallest absolute Gasteiger partial charge is 0.233 e. The van der Waals surface area contributed by atoms with Crippen LogP contribution in [0.1, 0.15) is 11.1 Å². The van der Waals surface area contributed by atoms with Crippen LogP contribution < -0.4 is 0 Å². The molecule has 1 amide bonds. The molecule has 1 aromatic rings. The third kappa shape index (κ3) is 5.09. The molecular formula is C15H21NO2S. The monoisotopic (exact) mass is 279 g/mol. The number of carbonyl (C=O) groups excluding carboxylic acids is 1. The number of nitrogens with zero attached hydrogens (tertiary/aromatic N) is 1. The molecule has 1 aromatic carbocycles. The van der Waals surface area contributed by atoms with Gasteiger partial charge in [0.25, 0.3) is 0 Å². The van der Waals surface area contributed by atoms with Gasteiger partial charge >= 0.3 is 0 Å². The quantitative estimate of drug-likeness (QED) is 0.615. The van der Waals surface area contributed by atoms with Crippen LogP contribution in [-0.2, 0) is 4.79 Å². The van der Waals surface area contributed by atoms with Crippen molar-refractivity contribution in [2.24, 2.45) is 0 Å². The number of aliphatic hydroxyl groups is 1. The maximum atomic E-state index is 12.0. The maximum absolute atomic E-state index is 12.0. The van der Waals surface area contributed by atoms with Crippen molar-refractivity contribution in [2.75, 3.05) is 25.4 Å². The lowest BCUT2D eigenvalue weighted by molar-refractivity contribution is -0.128. The summed E-state index contributed by atoms with van der Waals surface area (Å²) in [5, 5.41) is 8.94. The highest BCUT2D eigenvalue weighted by molar-refractivity contribution is 8.00. The highest BCUT2D eigenvalue weighted by Gasteiger charge is 2.12. The van der Waals surface area contributed by atoms with Crippen LogP contribution in [0.5, 0.6) is 0 Å². The van der Waals surface area contributed by atoms with E-state index in [4.69, 9.17) is 5.11 Å². The first-order valence-electron chi connectivity index (χ1n) is 6.28. The van der Waals surface area contributed by atoms with Gasteiger partial charge < -0.3 is 10.0 Å². The first-order chi connectivity index (χ1) is 9.08. The highest BCUT2D eigenvalue weighted by Crippen LogP contribution is 2.23. The fourth-order valence-electron chi connectivity index (χ4n) is 1.69. The molecule has 0 aliphatic rings. The van der Waals surface area contributed by atoms with E-state index in [2.05, 4.69) is 24.8 Å². The number of hydrogen-bond donors (Lipinski definition) is 1. The Bertz CT molecular complexity index is 446. The second kappa shape index (κ2) is 8.02. The summed E-state index contributed by atoms with van der Waals surface area (Å²) in [6, 6.07) is 6.23. The van der Waals surface area contributed by atoms with Gasteiger partial charge in [-0.2, -0.15) is 0 Å². The van der Waals surface area contributed by atoms with E-state index in [0.29, 0.717) is 18.8 Å². The van der Waals surface area contributed by atoms with Crippen LogP contribution in [0.3, 0.4) is 0 Å². The second-order valence-electron chi connectivity index (χ2n) is 4.41. The lowest BCUT2D eigenvalue weighted by Gasteiger charge is -2.19. The number of aryl methyl sites for hydroxylation is 2. The molecule has 1 rings (SSSR count). The van der Waals surface area contributed by atoms with Gasteiger partial charge in [-0.3, -0.25) is 4.79 Å². The fourth-order valence-corrected chi connectivity index (χ4v) is 2.71. The van der Waals surface area contributed by atoms with Crippen molar-refractivity contribution in [3.05, 3.63) is 42.0 Å². The van der Waals surface area contributed by atoms with E-state index in [9.17, 15) is 4.79 Å². The van der Waals surface area contributed by atoms with E-state index >= 15 is 0 Å². The third-order valence-corrected chi connectivity index (χ3v) is 3.91. The fraction of sp³-hybridized carbons (Fsp3) is 0.400. The molecule has 0 atom stereocenters. The van der Waals surface area contributed by atoms with E-state index < -0.39 is 0 Å². The Morgan fingerprint density at radius 3 is 2.84 bits per heavy atom. The largest absolute Gasteiger partial charge is 0.395 e. The molecule has 0 heterocycles. The Hall–Kier alpha value is -1.26. The third-order valence-electron chi connectivity index (χ3n) is 2.77. The molecular weight excluding hydrogens is 258 g/mol. The molecule has 4 heteroatoms. The molecule has 0 fully saturated rings. The number of hydrogen-bond acceptors (Lipinski definition) is 3. The summed E-state index contributed by atoms with van der Waals surface area (Å²) in [6.45, 7) is 8.53. The molecule has 0 aliphatic carbocycles. The van der Waals surface area contributed by atoms with Crippen LogP contribution in [0, 0.1) is 13.8 Å². The van der Waals surface area contributed by atoms with E-state index in [1.54, 1.807) is 22.7 Å². The van der Waals surface area contributed by atoms with Gasteiger partial charge in [0.2, 0.25) is 5.91 Å². The minimum absolute atomic E-state index is 0.0201. The zero-order chi connectivity index (χ0) is 14.3. The molecule has 19 heavy (non-hydrogen) atoms. The molecule has 0 saturated heterocycles. The summed E-state index contributed by atoms with van der Waals surface area (Å²) < 4.78 is 0. The molecule has 1 N–H and O–H groups in total. The molecule has 0 unspecified atom stereocenters. The van der Waals surface area contributed by atoms with E-state index in [1.807, 2.05) is 13.8 Å². The Morgan fingerprint density at radius 2 is 2.21 bits per heavy atom. The van der Waals surface area contributed by atoms with Crippen LogP contribution >= 0.6 is 11.8 Å². The van der Waals surface area contributed by atoms with E-state index in [-0.39, 0.29) is 12.5 Å². The zero-order valence-electron chi connectivity index (χ0n) is 11.6. The molecule has 104 valence electrons. The summed E-state index contributed by atoms with van der Waals surface area (Å²) in [4.78, 5) is 14.8. The Labute approximate surface area is 119 Å². The standard InChI is InChI=1S/C15H21NO2S/c1-4-7-16(8-9-17)15(18)11-19-14-10-12(2)5-6-13(14)3/h4-6,10,17H,1,7-9,11H2,2-3H3. The molecule has 0 radical (unpaired) electrons. The van der Waals surface area contributed by atoms with E-state index in [1.165, 1.54) is 11.1 Å². The molecule has 0 saturated carbocycles. The minimum atomic E-state index is -0.0201. The van der Waals surface area contributed by atoms with Gasteiger partial charge in [0, 0.05) is 18.0 Å². The predicted octanol–water partition coefficient (Wildman–Crippen LogP) is 2.40. The van der Waals surface area contributed by atoms with Crippen molar-refractivity contribution < 1.29 is 9.90 Å². The van der Waals surface area contributed by atoms with Gasteiger partial charge in [-0.15, -0.1) is 18.3 Å². The Kier molecular flexibility index (Phi) is 6.67. The average molecular weight is 279 g/mol. The van der Waals surface area contributed by atoms with Gasteiger partial charge in [-0.05, 0) is 25.5 Å². The molecule has 0 aliphatic heterocycles. The average Bonchev–Trinajstić information content (AvgIpc) is 2.39. The van der Waals surface area contributed by atoms with Crippen LogP contribution in [0.25, 0.3) is 0 Å². The Balaban J connectivity index is 2.61. The topological polar surface area (TPSA) is 40.5 Å². The van der Waals surface area contributed by atoms with Gasteiger partial charge in [0.1, 0.15) is 0 Å². The lowest BCUT2D eigenvalue weighted by atomic mass is 10.2. The molecule has 0 aromatic heterocycles. The van der Waals surface area contributed by atoms with Crippen molar-refractivity contribution in [1.29, 1.82) is 0 Å². The van der Waals surface area contributed by atoms with Gasteiger partial charge in [-0.1, -0.05) is 23.8 Å². The summed E-state index contributed by atoms with van der Waals surface area (Å²) in [5.41, 5.74) is 2.37. The van der Waals surface area contributed by atoms with E-state index in [0.717, 1.165) is 4.90 Å². The van der Waals surface area contributed by atoms with Crippen molar-refractivity contribution in [1.82, 2.24) is 4.90 Å². The maximum Gasteiger partial charge on any atom is 0.233 e. The number of rotatable bonds is 7. The number of carbonyl (C=O) groups is 1. The number of aliphatic hydroxyl groups excluding tert-OH is 1. The predicted molar refractivity (Wildman–Crippen MR) is 80.5 cm³/mol. The van der Waals surface area contributed by atoms with Crippen molar-refractivity contribution in [3.63, 3.8) is 0 Å². The SMILES string of the molecule is C=CCN(CCO)C(=O)CSc1cc(C)ccc1C. The van der Waals surface area contributed by atoms with Crippen molar-refractivity contribution in [2.45, 2.75) is 18.7 Å². The van der Waals surface area contributed by atoms with Crippen LogP contribution in [0.2, 0.25) is 0 Å². The van der Waals surface area contributed by atoms with Crippen LogP contribution in [0.15, 0.2) is 35.7 Å². The number of thioether (sulfide) groups is 1. The zero-order valence-corrected chi connectivity index (χ0v) is 12.4. The Morgan fingerprint density at radius 1 is 1.47 bits per heavy atom. The number of benzene rings is 1. The molecule has 0 spiro atoms. The summed E-state index contributed by atoms with van der Waals surface area (Å²) in [6.07, 6.45) is 1.68. The summed E-state index contributed by atoms with van der Waals surface area (Å²) in [7, 11) is 0. The van der Waals surface area contributed by atoms with Gasteiger partial charge in [0.05, 0.1) is 12.4 Å². The highest BCUT2D eigenvalue weighted by atomic mass is 32.2. The lowest BCUT2D eigenvalue weighted by Crippen LogP contribution is -2.34. The first-order valence-corrected chi connectivity index (χ1v) is 7.26. The minimum Gasteiger partial charge on any atom is -0.395 e. The normalized spacial score (nSPS) is 10.3. The summed E-state index contributed by atoms with van der Waals surface area (Å²) >= 11 is 1.54. The molecule has 0 bridgehead atoms. The van der Waals surface area contributed by atoms with Gasteiger partial charge in [0.15, 0.2) is 0 Å². The van der Waals surface area contributed by atoms with Crippen LogP contribution in [0.4, 0.5) is 0 Å². The van der Waals surface area contributed by atoms with Crippen LogP contribution in [-0.4, -0.2) is 41.4 Å². The van der Waals surface area contributed by atoms with Crippen molar-refractivity contribution in [3.8, 4) is 0 Å². The second-order valence-corrected chi connectivity index (χ2v) is 5.43. The first kappa shape index (κ1) is 15.8. The number of amides is 1. The van der Waals surface area contributed by atoms with Gasteiger partial charge in [-0.25, -0.2) is 0 Å². The molecule has 3 nitrogen and oxygen atoms in total.